The van der Waals surface area contributed by atoms with Crippen LogP contribution >= 0.6 is 0 Å². The lowest BCUT2D eigenvalue weighted by atomic mass is 9.81. The summed E-state index contributed by atoms with van der Waals surface area (Å²) in [5.74, 6) is -8.39. The zero-order valence-electron chi connectivity index (χ0n) is 32.5. The number of ether oxygens (including phenoxy) is 3. The molecule has 4 aliphatic rings. The normalized spacial score (nSPS) is 17.1. The molecule has 0 saturated heterocycles. The van der Waals surface area contributed by atoms with Crippen molar-refractivity contribution in [1.29, 1.82) is 0 Å². The maximum Gasteiger partial charge on any atom is 0.307 e. The van der Waals surface area contributed by atoms with Crippen molar-refractivity contribution in [2.75, 3.05) is 33.8 Å². The van der Waals surface area contributed by atoms with Gasteiger partial charge in [0.1, 0.15) is 29.4 Å². The minimum Gasteiger partial charge on any atom is -0.483 e. The Morgan fingerprint density at radius 1 is 0.927 bits per heavy atom. The SMILES string of the molecule is COC(=O)CCN(C)C(=O)c1c(F)c(F)c(F)c(F)c1C1=c2cc3c4c(c2Oc2c1cc1c(c2CCCN)OC(C)(C)C=C1C)CCC[N+]=4C(C)(C)C=C3C. The Morgan fingerprint density at radius 3 is 2.31 bits per heavy atom. The van der Waals surface area contributed by atoms with E-state index in [1.807, 2.05) is 39.8 Å². The summed E-state index contributed by atoms with van der Waals surface area (Å²) >= 11 is 0. The molecular weight excluding hydrogens is 714 g/mol. The number of carbonyl (C=O) groups is 2. The molecule has 0 saturated carbocycles. The van der Waals surface area contributed by atoms with Crippen molar-refractivity contribution >= 4 is 28.6 Å². The molecule has 0 unspecified atom stereocenters. The van der Waals surface area contributed by atoms with Crippen LogP contribution in [0.2, 0.25) is 0 Å². The monoisotopic (exact) mass is 760 g/mol. The first-order valence-electron chi connectivity index (χ1n) is 18.6. The molecule has 0 aromatic heterocycles. The summed E-state index contributed by atoms with van der Waals surface area (Å²) < 4.78 is 84.9. The minimum absolute atomic E-state index is 0.0282. The lowest BCUT2D eigenvalue weighted by Crippen LogP contribution is -2.53. The average molecular weight is 761 g/mol. The number of rotatable bonds is 8. The molecule has 3 aromatic rings. The van der Waals surface area contributed by atoms with Crippen molar-refractivity contribution in [2.24, 2.45) is 5.73 Å². The summed E-state index contributed by atoms with van der Waals surface area (Å²) in [6, 6.07) is 3.55. The van der Waals surface area contributed by atoms with Gasteiger partial charge in [0.15, 0.2) is 28.8 Å². The molecular formula is C43H46F4N3O5+. The molecule has 0 aliphatic carbocycles. The van der Waals surface area contributed by atoms with E-state index in [9.17, 15) is 9.59 Å². The van der Waals surface area contributed by atoms with Gasteiger partial charge < -0.3 is 24.8 Å². The summed E-state index contributed by atoms with van der Waals surface area (Å²) in [7, 11) is 2.44. The zero-order chi connectivity index (χ0) is 39.9. The van der Waals surface area contributed by atoms with Gasteiger partial charge in [0, 0.05) is 72.5 Å². The molecule has 0 bridgehead atoms. The Balaban J connectivity index is 1.68. The molecule has 0 radical (unpaired) electrons. The van der Waals surface area contributed by atoms with Gasteiger partial charge in [0.2, 0.25) is 5.36 Å². The number of hydrogen-bond acceptors (Lipinski definition) is 6. The smallest absolute Gasteiger partial charge is 0.307 e. The molecule has 12 heteroatoms. The molecule has 55 heavy (non-hydrogen) atoms. The number of allylic oxidation sites excluding steroid dienone is 2. The Labute approximate surface area is 317 Å². The molecule has 2 N–H and O–H groups in total. The van der Waals surface area contributed by atoms with E-state index in [1.54, 1.807) is 6.07 Å². The van der Waals surface area contributed by atoms with Crippen LogP contribution in [0, 0.1) is 23.3 Å². The second kappa shape index (κ2) is 13.6. The van der Waals surface area contributed by atoms with Crippen LogP contribution in [0.5, 0.6) is 17.2 Å². The molecule has 1 amide bonds. The fraction of sp³-hybridized carbons (Fsp3) is 0.419. The highest BCUT2D eigenvalue weighted by Gasteiger charge is 2.42. The number of methoxy groups -OCH3 is 1. The highest BCUT2D eigenvalue weighted by Crippen LogP contribution is 2.51. The van der Waals surface area contributed by atoms with Gasteiger partial charge in [-0.3, -0.25) is 9.59 Å². The lowest BCUT2D eigenvalue weighted by molar-refractivity contribution is -0.140. The van der Waals surface area contributed by atoms with Crippen LogP contribution < -0.4 is 30.4 Å². The Kier molecular flexibility index (Phi) is 9.51. The molecule has 8 nitrogen and oxygen atoms in total. The number of nitrogens with zero attached hydrogens (tertiary/aromatic N) is 2. The zero-order valence-corrected chi connectivity index (χ0v) is 32.5. The standard InChI is InChI=1S/C43H46F4N3O5/c1-21-19-42(3,4)50-15-10-12-23-37(50)25(21)17-27-30(31-32(34(45)36(47)35(46)33(31)44)41(52)49(7)16-13-29(51)53-8)28-18-26-22(2)20-43(5,6)55-40(26)24(11-9-14-48)39(28)54-38(23)27/h17-20H,9-16,48H2,1-8H3/q+1. The second-order valence-electron chi connectivity index (χ2n) is 15.9. The number of hydrogen-bond donors (Lipinski definition) is 1. The van der Waals surface area contributed by atoms with Gasteiger partial charge in [-0.1, -0.05) is 0 Å². The molecule has 7 rings (SSSR count). The van der Waals surface area contributed by atoms with Crippen LogP contribution in [0.3, 0.4) is 0 Å². The topological polar surface area (TPSA) is 94.1 Å². The van der Waals surface area contributed by atoms with Crippen molar-refractivity contribution in [3.63, 3.8) is 0 Å². The highest BCUT2D eigenvalue weighted by atomic mass is 19.2. The molecule has 0 atom stereocenters. The third-order valence-electron chi connectivity index (χ3n) is 11.1. The lowest BCUT2D eigenvalue weighted by Gasteiger charge is -2.35. The molecule has 4 aliphatic heterocycles. The maximum atomic E-state index is 16.9. The van der Waals surface area contributed by atoms with Gasteiger partial charge in [-0.05, 0) is 88.9 Å². The van der Waals surface area contributed by atoms with Crippen molar-refractivity contribution < 1.29 is 41.4 Å². The van der Waals surface area contributed by atoms with E-state index in [4.69, 9.17) is 19.9 Å². The van der Waals surface area contributed by atoms with E-state index in [0.717, 1.165) is 45.5 Å². The Bertz CT molecular complexity index is 2410. The molecule has 3 aromatic carbocycles. The number of amides is 1. The van der Waals surface area contributed by atoms with E-state index in [2.05, 4.69) is 24.5 Å². The van der Waals surface area contributed by atoms with Crippen LogP contribution in [0.4, 0.5) is 17.6 Å². The first-order valence-corrected chi connectivity index (χ1v) is 18.6. The molecule has 4 heterocycles. The quantitative estimate of drug-likeness (QED) is 0.0743. The number of nitrogens with two attached hydrogens (primary N) is 1. The van der Waals surface area contributed by atoms with Crippen molar-refractivity contribution in [1.82, 2.24) is 9.48 Å². The van der Waals surface area contributed by atoms with Crippen LogP contribution in [0.15, 0.2) is 24.3 Å². The first kappa shape index (κ1) is 38.3. The first-order chi connectivity index (χ1) is 25.9. The van der Waals surface area contributed by atoms with Gasteiger partial charge in [-0.2, -0.15) is 0 Å². The highest BCUT2D eigenvalue weighted by molar-refractivity contribution is 6.03. The van der Waals surface area contributed by atoms with Gasteiger partial charge in [0.05, 0.1) is 24.7 Å². The minimum atomic E-state index is -2.13. The summed E-state index contributed by atoms with van der Waals surface area (Å²) in [4.78, 5) is 27.2. The van der Waals surface area contributed by atoms with Crippen LogP contribution in [0.1, 0.15) is 105 Å². The fourth-order valence-electron chi connectivity index (χ4n) is 8.69. The van der Waals surface area contributed by atoms with Gasteiger partial charge >= 0.3 is 5.97 Å². The third-order valence-corrected chi connectivity index (χ3v) is 11.1. The van der Waals surface area contributed by atoms with Crippen LogP contribution in [-0.2, 0) is 22.4 Å². The largest absolute Gasteiger partial charge is 0.483 e. The predicted molar refractivity (Wildman–Crippen MR) is 202 cm³/mol. The number of carbonyl (C=O) groups excluding carboxylic acids is 2. The van der Waals surface area contributed by atoms with E-state index in [0.29, 0.717) is 53.7 Å². The summed E-state index contributed by atoms with van der Waals surface area (Å²) in [6.45, 7) is 12.8. The second-order valence-corrected chi connectivity index (χ2v) is 15.9. The Morgan fingerprint density at radius 2 is 1.62 bits per heavy atom. The predicted octanol–water partition coefficient (Wildman–Crippen LogP) is 6.33. The van der Waals surface area contributed by atoms with E-state index in [1.165, 1.54) is 14.2 Å². The van der Waals surface area contributed by atoms with E-state index in [-0.39, 0.29) is 35.4 Å². The van der Waals surface area contributed by atoms with Crippen LogP contribution in [0.25, 0.3) is 16.7 Å². The molecule has 290 valence electrons. The molecule has 0 spiro atoms. The number of esters is 1. The van der Waals surface area contributed by atoms with Gasteiger partial charge in [-0.25, -0.2) is 22.1 Å². The van der Waals surface area contributed by atoms with Crippen molar-refractivity contribution in [3.05, 3.63) is 97.1 Å². The number of halogens is 4. The third kappa shape index (κ3) is 6.13. The van der Waals surface area contributed by atoms with Crippen molar-refractivity contribution in [3.8, 4) is 17.2 Å². The summed E-state index contributed by atoms with van der Waals surface area (Å²) in [5.41, 5.74) is 8.15. The average Bonchev–Trinajstić information content (AvgIpc) is 3.13. The fourth-order valence-corrected chi connectivity index (χ4v) is 8.69. The maximum absolute atomic E-state index is 16.9. The Hall–Kier alpha value is -4.97. The van der Waals surface area contributed by atoms with E-state index >= 15 is 17.6 Å². The number of fused-ring (bicyclic) bond motifs is 4. The van der Waals surface area contributed by atoms with Crippen LogP contribution in [-0.4, -0.2) is 61.7 Å². The van der Waals surface area contributed by atoms with Crippen molar-refractivity contribution in [2.45, 2.75) is 84.8 Å². The van der Waals surface area contributed by atoms with E-state index < -0.39 is 51.9 Å². The van der Waals surface area contributed by atoms with Gasteiger partial charge in [0.25, 0.3) is 5.91 Å². The number of benzene rings is 3. The summed E-state index contributed by atoms with van der Waals surface area (Å²) in [6.07, 6.45) is 6.06. The molecule has 0 fully saturated rings. The summed E-state index contributed by atoms with van der Waals surface area (Å²) in [5, 5.41) is 1.25. The van der Waals surface area contributed by atoms with Gasteiger partial charge in [-0.15, -0.1) is 0 Å².